The zero-order valence-corrected chi connectivity index (χ0v) is 19.2. The molecule has 7 nitrogen and oxygen atoms in total. The maximum Gasteiger partial charge on any atom is 0.261 e. The molecule has 170 valence electrons. The van der Waals surface area contributed by atoms with Crippen LogP contribution in [-0.4, -0.2) is 26.6 Å². The highest BCUT2D eigenvalue weighted by atomic mass is 16.2. The van der Waals surface area contributed by atoms with Crippen molar-refractivity contribution in [3.05, 3.63) is 102 Å². The molecule has 2 heterocycles. The van der Waals surface area contributed by atoms with Crippen LogP contribution in [0.1, 0.15) is 16.7 Å². The number of carbonyl (C=O) groups is 2. The number of hydrogen-bond donors (Lipinski definition) is 2. The number of benzene rings is 2. The van der Waals surface area contributed by atoms with Crippen LogP contribution in [0.4, 0.5) is 11.4 Å². The Labute approximate surface area is 198 Å². The Hall–Kier alpha value is -4.52. The predicted molar refractivity (Wildman–Crippen MR) is 134 cm³/mol. The van der Waals surface area contributed by atoms with E-state index < -0.39 is 11.8 Å². The van der Waals surface area contributed by atoms with Crippen LogP contribution in [0, 0.1) is 13.8 Å². The SMILES string of the molecule is Cc1ccccc1NC(=O)C(=Cc1cn(C)nc1-c1ccncc1)C(=O)Nc1ccccc1C. The summed E-state index contributed by atoms with van der Waals surface area (Å²) in [5.41, 5.74) is 5.17. The van der Waals surface area contributed by atoms with Gasteiger partial charge in [-0.05, 0) is 55.3 Å². The van der Waals surface area contributed by atoms with E-state index in [0.29, 0.717) is 22.6 Å². The average molecular weight is 452 g/mol. The molecule has 0 saturated carbocycles. The first-order valence-electron chi connectivity index (χ1n) is 10.8. The number of carbonyl (C=O) groups excluding carboxylic acids is 2. The Morgan fingerprint density at radius 2 is 1.35 bits per heavy atom. The van der Waals surface area contributed by atoms with Crippen molar-refractivity contribution in [1.82, 2.24) is 14.8 Å². The Morgan fingerprint density at radius 3 is 1.88 bits per heavy atom. The van der Waals surface area contributed by atoms with Crippen LogP contribution in [-0.2, 0) is 16.6 Å². The van der Waals surface area contributed by atoms with Crippen LogP contribution in [0.3, 0.4) is 0 Å². The molecule has 0 atom stereocenters. The topological polar surface area (TPSA) is 88.9 Å². The highest BCUT2D eigenvalue weighted by molar-refractivity contribution is 6.29. The van der Waals surface area contributed by atoms with E-state index in [2.05, 4.69) is 20.7 Å². The Morgan fingerprint density at radius 1 is 0.824 bits per heavy atom. The summed E-state index contributed by atoms with van der Waals surface area (Å²) in [5.74, 6) is -1.02. The molecule has 2 N–H and O–H groups in total. The molecule has 34 heavy (non-hydrogen) atoms. The van der Waals surface area contributed by atoms with Crippen LogP contribution in [0.15, 0.2) is 84.8 Å². The highest BCUT2D eigenvalue weighted by Crippen LogP contribution is 2.25. The van der Waals surface area contributed by atoms with Gasteiger partial charge in [-0.3, -0.25) is 19.3 Å². The fourth-order valence-electron chi connectivity index (χ4n) is 3.54. The third-order valence-electron chi connectivity index (χ3n) is 5.39. The van der Waals surface area contributed by atoms with Gasteiger partial charge in [-0.25, -0.2) is 0 Å². The molecule has 2 amide bonds. The fourth-order valence-corrected chi connectivity index (χ4v) is 3.54. The van der Waals surface area contributed by atoms with Crippen molar-refractivity contribution in [2.24, 2.45) is 7.05 Å². The second-order valence-corrected chi connectivity index (χ2v) is 7.94. The molecule has 0 bridgehead atoms. The lowest BCUT2D eigenvalue weighted by Gasteiger charge is -2.13. The predicted octanol–water partition coefficient (Wildman–Crippen LogP) is 4.76. The third kappa shape index (κ3) is 5.10. The van der Waals surface area contributed by atoms with Crippen molar-refractivity contribution in [3.63, 3.8) is 0 Å². The van der Waals surface area contributed by atoms with Crippen molar-refractivity contribution in [2.45, 2.75) is 13.8 Å². The van der Waals surface area contributed by atoms with Crippen molar-refractivity contribution >= 4 is 29.3 Å². The van der Waals surface area contributed by atoms with Crippen molar-refractivity contribution < 1.29 is 9.59 Å². The number of aromatic nitrogens is 3. The molecule has 0 saturated heterocycles. The van der Waals surface area contributed by atoms with E-state index in [1.165, 1.54) is 0 Å². The van der Waals surface area contributed by atoms with Gasteiger partial charge in [-0.1, -0.05) is 36.4 Å². The maximum absolute atomic E-state index is 13.4. The van der Waals surface area contributed by atoms with Crippen LogP contribution in [0.5, 0.6) is 0 Å². The monoisotopic (exact) mass is 451 g/mol. The van der Waals surface area contributed by atoms with Gasteiger partial charge in [-0.2, -0.15) is 5.10 Å². The van der Waals surface area contributed by atoms with Gasteiger partial charge >= 0.3 is 0 Å². The number of anilines is 2. The minimum atomic E-state index is -0.509. The number of rotatable bonds is 6. The van der Waals surface area contributed by atoms with Crippen LogP contribution in [0.2, 0.25) is 0 Å². The Bertz CT molecular complexity index is 1310. The second-order valence-electron chi connectivity index (χ2n) is 7.94. The first-order chi connectivity index (χ1) is 16.4. The molecule has 0 spiro atoms. The lowest BCUT2D eigenvalue weighted by atomic mass is 10.1. The van der Waals surface area contributed by atoms with Gasteiger partial charge in [0.25, 0.3) is 11.8 Å². The van der Waals surface area contributed by atoms with Gasteiger partial charge in [-0.15, -0.1) is 0 Å². The third-order valence-corrected chi connectivity index (χ3v) is 5.39. The highest BCUT2D eigenvalue weighted by Gasteiger charge is 2.22. The number of nitrogens with zero attached hydrogens (tertiary/aromatic N) is 3. The van der Waals surface area contributed by atoms with E-state index in [4.69, 9.17) is 0 Å². The molecule has 0 unspecified atom stereocenters. The standard InChI is InChI=1S/C27H25N5O2/c1-18-8-4-6-10-23(18)29-26(33)22(27(34)30-24-11-7-5-9-19(24)2)16-21-17-32(3)31-25(21)20-12-14-28-15-13-20/h4-17H,1-3H3,(H,29,33)(H,30,34). The van der Waals surface area contributed by atoms with Gasteiger partial charge in [0.1, 0.15) is 5.57 Å². The molecular formula is C27H25N5O2. The molecule has 0 aliphatic heterocycles. The fraction of sp³-hybridized carbons (Fsp3) is 0.111. The Balaban J connectivity index is 1.76. The zero-order valence-electron chi connectivity index (χ0n) is 19.2. The quantitative estimate of drug-likeness (QED) is 0.251. The molecule has 0 aliphatic rings. The number of pyridine rings is 1. The largest absolute Gasteiger partial charge is 0.322 e. The maximum atomic E-state index is 13.4. The second kappa shape index (κ2) is 9.95. The van der Waals surface area contributed by atoms with Crippen molar-refractivity contribution in [3.8, 4) is 11.3 Å². The van der Waals surface area contributed by atoms with Gasteiger partial charge in [0, 0.05) is 48.1 Å². The summed E-state index contributed by atoms with van der Waals surface area (Å²) < 4.78 is 1.65. The molecule has 2 aromatic heterocycles. The molecular weight excluding hydrogens is 426 g/mol. The van der Waals surface area contributed by atoms with Gasteiger partial charge < -0.3 is 10.6 Å². The molecule has 0 aliphatic carbocycles. The Kier molecular flexibility index (Phi) is 6.64. The number of hydrogen-bond acceptors (Lipinski definition) is 4. The number of para-hydroxylation sites is 2. The molecule has 7 heteroatoms. The van der Waals surface area contributed by atoms with E-state index in [1.54, 1.807) is 48.5 Å². The van der Waals surface area contributed by atoms with Crippen LogP contribution in [0.25, 0.3) is 17.3 Å². The zero-order chi connectivity index (χ0) is 24.1. The molecule has 4 aromatic rings. The van der Waals surface area contributed by atoms with Crippen molar-refractivity contribution in [2.75, 3.05) is 10.6 Å². The minimum Gasteiger partial charge on any atom is -0.322 e. The summed E-state index contributed by atoms with van der Waals surface area (Å²) in [5, 5.41) is 10.3. The van der Waals surface area contributed by atoms with E-state index in [9.17, 15) is 9.59 Å². The van der Waals surface area contributed by atoms with Gasteiger partial charge in [0.15, 0.2) is 0 Å². The van der Waals surface area contributed by atoms with Gasteiger partial charge in [0.05, 0.1) is 5.69 Å². The summed E-state index contributed by atoms with van der Waals surface area (Å²) in [6, 6.07) is 18.5. The first-order valence-corrected chi connectivity index (χ1v) is 10.8. The van der Waals surface area contributed by atoms with E-state index in [1.807, 2.05) is 62.4 Å². The molecule has 2 aromatic carbocycles. The number of aryl methyl sites for hydroxylation is 3. The minimum absolute atomic E-state index is 0.0326. The molecule has 4 rings (SSSR count). The summed E-state index contributed by atoms with van der Waals surface area (Å²) in [7, 11) is 1.79. The summed E-state index contributed by atoms with van der Waals surface area (Å²) in [6.07, 6.45) is 6.70. The van der Waals surface area contributed by atoms with E-state index in [-0.39, 0.29) is 5.57 Å². The number of amides is 2. The van der Waals surface area contributed by atoms with Crippen LogP contribution >= 0.6 is 0 Å². The van der Waals surface area contributed by atoms with E-state index in [0.717, 1.165) is 16.7 Å². The molecule has 0 fully saturated rings. The molecule has 0 radical (unpaired) electrons. The lowest BCUT2D eigenvalue weighted by molar-refractivity contribution is -0.118. The lowest BCUT2D eigenvalue weighted by Crippen LogP contribution is -2.26. The first kappa shape index (κ1) is 22.7. The summed E-state index contributed by atoms with van der Waals surface area (Å²) in [4.78, 5) is 30.8. The van der Waals surface area contributed by atoms with Crippen molar-refractivity contribution in [1.29, 1.82) is 0 Å². The smallest absolute Gasteiger partial charge is 0.261 e. The summed E-state index contributed by atoms with van der Waals surface area (Å²) >= 11 is 0. The number of nitrogens with one attached hydrogen (secondary N) is 2. The van der Waals surface area contributed by atoms with Crippen LogP contribution < -0.4 is 10.6 Å². The van der Waals surface area contributed by atoms with Gasteiger partial charge in [0.2, 0.25) is 0 Å². The summed E-state index contributed by atoms with van der Waals surface area (Å²) in [6.45, 7) is 3.80. The van der Waals surface area contributed by atoms with E-state index >= 15 is 0 Å². The average Bonchev–Trinajstić information content (AvgIpc) is 3.21. The normalized spacial score (nSPS) is 10.4.